The van der Waals surface area contributed by atoms with Gasteiger partial charge in [-0.2, -0.15) is 0 Å². The number of nitrogens with zero attached hydrogens (tertiary/aromatic N) is 1. The lowest BCUT2D eigenvalue weighted by Crippen LogP contribution is -2.43. The van der Waals surface area contributed by atoms with E-state index in [0.717, 1.165) is 25.2 Å². The first-order valence-electron chi connectivity index (χ1n) is 8.32. The van der Waals surface area contributed by atoms with Gasteiger partial charge in [0.05, 0.1) is 23.4 Å². The molecule has 3 rings (SSSR count). The first-order chi connectivity index (χ1) is 11.6. The molecule has 1 heterocycles. The summed E-state index contributed by atoms with van der Waals surface area (Å²) in [6, 6.07) is 17.5. The maximum Gasteiger partial charge on any atom is 0.178 e. The zero-order chi connectivity index (χ0) is 17.0. The molecule has 0 N–H and O–H groups in total. The molecule has 128 valence electrons. The van der Waals surface area contributed by atoms with Crippen molar-refractivity contribution in [1.29, 1.82) is 0 Å². The highest BCUT2D eigenvalue weighted by Gasteiger charge is 2.21. The van der Waals surface area contributed by atoms with Crippen molar-refractivity contribution in [3.63, 3.8) is 0 Å². The quantitative estimate of drug-likeness (QED) is 0.836. The van der Waals surface area contributed by atoms with Crippen molar-refractivity contribution in [3.05, 3.63) is 60.2 Å². The molecule has 1 aliphatic heterocycles. The van der Waals surface area contributed by atoms with Crippen molar-refractivity contribution in [2.45, 2.75) is 24.3 Å². The largest absolute Gasteiger partial charge is 0.374 e. The zero-order valence-corrected chi connectivity index (χ0v) is 14.7. The molecule has 0 saturated carbocycles. The molecule has 1 saturated heterocycles. The number of anilines is 1. The number of rotatable bonds is 5. The van der Waals surface area contributed by atoms with E-state index in [4.69, 9.17) is 4.74 Å². The van der Waals surface area contributed by atoms with E-state index in [9.17, 15) is 8.42 Å². The maximum atomic E-state index is 11.9. The lowest BCUT2D eigenvalue weighted by Gasteiger charge is -2.34. The summed E-state index contributed by atoms with van der Waals surface area (Å²) in [5.74, 6) is 0.128. The van der Waals surface area contributed by atoms with Gasteiger partial charge in [0.1, 0.15) is 0 Å². The number of ether oxygens (including phenoxy) is 1. The van der Waals surface area contributed by atoms with Crippen LogP contribution in [0.2, 0.25) is 0 Å². The summed E-state index contributed by atoms with van der Waals surface area (Å²) in [6.45, 7) is 3.99. The molecule has 0 amide bonds. The Morgan fingerprint density at radius 2 is 1.79 bits per heavy atom. The molecule has 1 atom stereocenters. The van der Waals surface area contributed by atoms with Crippen molar-refractivity contribution < 1.29 is 13.2 Å². The summed E-state index contributed by atoms with van der Waals surface area (Å²) in [5, 5.41) is 0. The standard InChI is InChI=1S/C19H23NO3S/c1-2-24(21,22)19-10-8-17(9-11-19)20-12-13-23-18(15-20)14-16-6-4-3-5-7-16/h3-11,18H,2,12-15H2,1H3/t18-/m1/s1. The van der Waals surface area contributed by atoms with E-state index in [1.165, 1.54) is 5.56 Å². The van der Waals surface area contributed by atoms with Gasteiger partial charge in [0.2, 0.25) is 0 Å². The van der Waals surface area contributed by atoms with E-state index in [-0.39, 0.29) is 11.9 Å². The monoisotopic (exact) mass is 345 g/mol. The Labute approximate surface area is 144 Å². The van der Waals surface area contributed by atoms with Crippen LogP contribution in [0.1, 0.15) is 12.5 Å². The average Bonchev–Trinajstić information content (AvgIpc) is 2.63. The smallest absolute Gasteiger partial charge is 0.178 e. The van der Waals surface area contributed by atoms with E-state index < -0.39 is 9.84 Å². The topological polar surface area (TPSA) is 46.6 Å². The summed E-state index contributed by atoms with van der Waals surface area (Å²) in [6.07, 6.45) is 1.04. The van der Waals surface area contributed by atoms with Crippen LogP contribution < -0.4 is 4.90 Å². The van der Waals surface area contributed by atoms with Gasteiger partial charge < -0.3 is 9.64 Å². The van der Waals surface area contributed by atoms with E-state index in [2.05, 4.69) is 17.0 Å². The number of sulfone groups is 1. The highest BCUT2D eigenvalue weighted by Crippen LogP contribution is 2.22. The van der Waals surface area contributed by atoms with Gasteiger partial charge in [-0.3, -0.25) is 0 Å². The summed E-state index contributed by atoms with van der Waals surface area (Å²) in [7, 11) is -3.14. The van der Waals surface area contributed by atoms with E-state index in [0.29, 0.717) is 11.5 Å². The first-order valence-corrected chi connectivity index (χ1v) is 9.97. The van der Waals surface area contributed by atoms with Crippen LogP contribution in [-0.4, -0.2) is 40.0 Å². The molecule has 0 radical (unpaired) electrons. The second-order valence-electron chi connectivity index (χ2n) is 6.03. The molecule has 0 aliphatic carbocycles. The first kappa shape index (κ1) is 17.0. The predicted octanol–water partition coefficient (Wildman–Crippen LogP) is 2.93. The van der Waals surface area contributed by atoms with E-state index >= 15 is 0 Å². The van der Waals surface area contributed by atoms with Crippen LogP contribution in [0.3, 0.4) is 0 Å². The van der Waals surface area contributed by atoms with Gasteiger partial charge in [0, 0.05) is 25.2 Å². The third-order valence-corrected chi connectivity index (χ3v) is 6.14. The van der Waals surface area contributed by atoms with Gasteiger partial charge >= 0.3 is 0 Å². The van der Waals surface area contributed by atoms with Crippen molar-refractivity contribution >= 4 is 15.5 Å². The van der Waals surface area contributed by atoms with Gasteiger partial charge in [0.25, 0.3) is 0 Å². The second-order valence-corrected chi connectivity index (χ2v) is 8.30. The molecule has 1 aliphatic rings. The average molecular weight is 345 g/mol. The molecule has 2 aromatic carbocycles. The van der Waals surface area contributed by atoms with Crippen molar-refractivity contribution in [1.82, 2.24) is 0 Å². The minimum absolute atomic E-state index is 0.128. The van der Waals surface area contributed by atoms with Crippen LogP contribution >= 0.6 is 0 Å². The number of benzene rings is 2. The molecule has 1 fully saturated rings. The van der Waals surface area contributed by atoms with Crippen LogP contribution in [0, 0.1) is 0 Å². The Kier molecular flexibility index (Phi) is 5.21. The molecule has 5 heteroatoms. The van der Waals surface area contributed by atoms with E-state index in [1.807, 2.05) is 30.3 Å². The third kappa shape index (κ3) is 3.97. The number of morpholine rings is 1. The molecule has 24 heavy (non-hydrogen) atoms. The molecule has 2 aromatic rings. The highest BCUT2D eigenvalue weighted by molar-refractivity contribution is 7.91. The minimum atomic E-state index is -3.14. The van der Waals surface area contributed by atoms with Crippen LogP contribution in [-0.2, 0) is 21.0 Å². The molecule has 0 unspecified atom stereocenters. The number of hydrogen-bond acceptors (Lipinski definition) is 4. The van der Waals surface area contributed by atoms with Crippen LogP contribution in [0.5, 0.6) is 0 Å². The molecule has 0 bridgehead atoms. The Balaban J connectivity index is 1.68. The van der Waals surface area contributed by atoms with Gasteiger partial charge in [-0.05, 0) is 29.8 Å². The maximum absolute atomic E-state index is 11.9. The Morgan fingerprint density at radius 1 is 1.08 bits per heavy atom. The van der Waals surface area contributed by atoms with Crippen molar-refractivity contribution in [3.8, 4) is 0 Å². The zero-order valence-electron chi connectivity index (χ0n) is 13.9. The predicted molar refractivity (Wildman–Crippen MR) is 96.3 cm³/mol. The van der Waals surface area contributed by atoms with Gasteiger partial charge in [-0.25, -0.2) is 8.42 Å². The Morgan fingerprint density at radius 3 is 2.46 bits per heavy atom. The molecular weight excluding hydrogens is 322 g/mol. The third-order valence-electron chi connectivity index (χ3n) is 4.39. The van der Waals surface area contributed by atoms with E-state index in [1.54, 1.807) is 19.1 Å². The minimum Gasteiger partial charge on any atom is -0.374 e. The Hall–Kier alpha value is -1.85. The van der Waals surface area contributed by atoms with Crippen molar-refractivity contribution in [2.75, 3.05) is 30.3 Å². The fourth-order valence-corrected chi connectivity index (χ4v) is 3.87. The SMILES string of the molecule is CCS(=O)(=O)c1ccc(N2CCO[C@H](Cc3ccccc3)C2)cc1. The van der Waals surface area contributed by atoms with Crippen LogP contribution in [0.15, 0.2) is 59.5 Å². The summed E-state index contributed by atoms with van der Waals surface area (Å²) >= 11 is 0. The lowest BCUT2D eigenvalue weighted by molar-refractivity contribution is 0.0411. The number of hydrogen-bond donors (Lipinski definition) is 0. The second kappa shape index (κ2) is 7.36. The molecule has 0 aromatic heterocycles. The summed E-state index contributed by atoms with van der Waals surface area (Å²) in [4.78, 5) is 2.65. The molecule has 4 nitrogen and oxygen atoms in total. The van der Waals surface area contributed by atoms with Crippen LogP contribution in [0.4, 0.5) is 5.69 Å². The fourth-order valence-electron chi connectivity index (χ4n) is 2.99. The van der Waals surface area contributed by atoms with Crippen molar-refractivity contribution in [2.24, 2.45) is 0 Å². The van der Waals surface area contributed by atoms with Gasteiger partial charge in [-0.1, -0.05) is 37.3 Å². The normalized spacial score (nSPS) is 18.5. The Bertz CT molecular complexity index is 757. The summed E-state index contributed by atoms with van der Waals surface area (Å²) in [5.41, 5.74) is 2.32. The lowest BCUT2D eigenvalue weighted by atomic mass is 10.1. The highest BCUT2D eigenvalue weighted by atomic mass is 32.2. The molecular formula is C19H23NO3S. The van der Waals surface area contributed by atoms with Crippen LogP contribution in [0.25, 0.3) is 0 Å². The summed E-state index contributed by atoms with van der Waals surface area (Å²) < 4.78 is 29.7. The van der Waals surface area contributed by atoms with Gasteiger partial charge in [-0.15, -0.1) is 0 Å². The van der Waals surface area contributed by atoms with Gasteiger partial charge in [0.15, 0.2) is 9.84 Å². The fraction of sp³-hybridized carbons (Fsp3) is 0.368. The molecule has 0 spiro atoms.